The first-order valence-electron chi connectivity index (χ1n) is 6.61. The Kier molecular flexibility index (Phi) is 3.64. The van der Waals surface area contributed by atoms with Crippen molar-refractivity contribution in [1.29, 1.82) is 0 Å². The summed E-state index contributed by atoms with van der Waals surface area (Å²) in [5.74, 6) is 2.16. The molecule has 3 rings (SSSR count). The van der Waals surface area contributed by atoms with Crippen molar-refractivity contribution in [3.05, 3.63) is 48.0 Å². The van der Waals surface area contributed by atoms with E-state index in [0.717, 1.165) is 22.4 Å². The van der Waals surface area contributed by atoms with Crippen molar-refractivity contribution < 1.29 is 14.0 Å². The van der Waals surface area contributed by atoms with Crippen molar-refractivity contribution in [3.63, 3.8) is 0 Å². The van der Waals surface area contributed by atoms with E-state index in [2.05, 4.69) is 10.5 Å². The highest BCUT2D eigenvalue weighted by Crippen LogP contribution is 2.28. The summed E-state index contributed by atoms with van der Waals surface area (Å²) < 4.78 is 15.8. The summed E-state index contributed by atoms with van der Waals surface area (Å²) in [5, 5.41) is 8.29. The van der Waals surface area contributed by atoms with E-state index < -0.39 is 0 Å². The van der Waals surface area contributed by atoms with Gasteiger partial charge < -0.3 is 19.3 Å². The molecule has 0 radical (unpaired) electrons. The Morgan fingerprint density at radius 3 is 2.67 bits per heavy atom. The third-order valence-corrected chi connectivity index (χ3v) is 3.29. The minimum Gasteiger partial charge on any atom is -0.493 e. The molecule has 0 fully saturated rings. The molecular weight excluding hydrogens is 268 g/mol. The number of hydrogen-bond acceptors (Lipinski definition) is 5. The average molecular weight is 284 g/mol. The Morgan fingerprint density at radius 2 is 1.86 bits per heavy atom. The minimum atomic E-state index is 0.622. The van der Waals surface area contributed by atoms with Crippen LogP contribution in [0, 0.1) is 0 Å². The first-order valence-corrected chi connectivity index (χ1v) is 6.61. The van der Waals surface area contributed by atoms with Gasteiger partial charge in [-0.05, 0) is 29.8 Å². The van der Waals surface area contributed by atoms with Crippen LogP contribution in [0.4, 0.5) is 5.82 Å². The van der Waals surface area contributed by atoms with Crippen LogP contribution in [0.15, 0.2) is 47.0 Å². The van der Waals surface area contributed by atoms with Gasteiger partial charge in [0.15, 0.2) is 22.9 Å². The van der Waals surface area contributed by atoms with Gasteiger partial charge in [0.25, 0.3) is 0 Å². The van der Waals surface area contributed by atoms with Crippen molar-refractivity contribution in [2.75, 3.05) is 19.5 Å². The van der Waals surface area contributed by atoms with Gasteiger partial charge in [-0.15, -0.1) is 0 Å². The molecule has 1 N–H and O–H groups in total. The number of ether oxygens (including phenoxy) is 2. The standard InChI is InChI=1S/C16H16N2O3/c1-19-14-8-7-11(9-15(14)20-2)10-17-16-12-5-3-4-6-13(12)21-18-16/h3-9H,10H2,1-2H3,(H,17,18). The lowest BCUT2D eigenvalue weighted by Crippen LogP contribution is -2.01. The largest absolute Gasteiger partial charge is 0.493 e. The Labute approximate surface area is 122 Å². The zero-order valence-electron chi connectivity index (χ0n) is 11.9. The molecular formula is C16H16N2O3. The number of fused-ring (bicyclic) bond motifs is 1. The fourth-order valence-electron chi connectivity index (χ4n) is 2.19. The van der Waals surface area contributed by atoms with Gasteiger partial charge in [-0.2, -0.15) is 0 Å². The van der Waals surface area contributed by atoms with Crippen LogP contribution in [0.3, 0.4) is 0 Å². The van der Waals surface area contributed by atoms with Crippen molar-refractivity contribution in [3.8, 4) is 11.5 Å². The van der Waals surface area contributed by atoms with Crippen LogP contribution in [-0.4, -0.2) is 19.4 Å². The van der Waals surface area contributed by atoms with Crippen molar-refractivity contribution in [2.45, 2.75) is 6.54 Å². The number of methoxy groups -OCH3 is 2. The average Bonchev–Trinajstić information content (AvgIpc) is 2.96. The maximum Gasteiger partial charge on any atom is 0.177 e. The number of rotatable bonds is 5. The van der Waals surface area contributed by atoms with Gasteiger partial charge in [-0.3, -0.25) is 0 Å². The van der Waals surface area contributed by atoms with Gasteiger partial charge in [0, 0.05) is 6.54 Å². The molecule has 0 aliphatic heterocycles. The summed E-state index contributed by atoms with van der Waals surface area (Å²) in [5.41, 5.74) is 1.84. The summed E-state index contributed by atoms with van der Waals surface area (Å²) in [4.78, 5) is 0. The van der Waals surface area contributed by atoms with E-state index in [9.17, 15) is 0 Å². The normalized spacial score (nSPS) is 10.6. The van der Waals surface area contributed by atoms with Crippen LogP contribution in [0.2, 0.25) is 0 Å². The van der Waals surface area contributed by atoms with Crippen molar-refractivity contribution in [1.82, 2.24) is 5.16 Å². The smallest absolute Gasteiger partial charge is 0.177 e. The van der Waals surface area contributed by atoms with Gasteiger partial charge in [0.2, 0.25) is 0 Å². The lowest BCUT2D eigenvalue weighted by molar-refractivity contribution is 0.354. The predicted molar refractivity (Wildman–Crippen MR) is 80.9 cm³/mol. The Morgan fingerprint density at radius 1 is 1.05 bits per heavy atom. The fraction of sp³-hybridized carbons (Fsp3) is 0.188. The molecule has 108 valence electrons. The Balaban J connectivity index is 1.78. The fourth-order valence-corrected chi connectivity index (χ4v) is 2.19. The number of benzene rings is 2. The van der Waals surface area contributed by atoms with Crippen LogP contribution in [-0.2, 0) is 6.54 Å². The molecule has 5 heteroatoms. The Hall–Kier alpha value is -2.69. The molecule has 2 aromatic carbocycles. The van der Waals surface area contributed by atoms with Crippen molar-refractivity contribution in [2.24, 2.45) is 0 Å². The predicted octanol–water partition coefficient (Wildman–Crippen LogP) is 3.46. The molecule has 0 saturated heterocycles. The monoisotopic (exact) mass is 284 g/mol. The van der Waals surface area contributed by atoms with E-state index in [1.54, 1.807) is 14.2 Å². The van der Waals surface area contributed by atoms with E-state index in [1.807, 2.05) is 42.5 Å². The van der Waals surface area contributed by atoms with Crippen LogP contribution in [0.25, 0.3) is 11.0 Å². The third kappa shape index (κ3) is 2.63. The molecule has 0 saturated carbocycles. The van der Waals surface area contributed by atoms with Crippen LogP contribution >= 0.6 is 0 Å². The number of hydrogen-bond donors (Lipinski definition) is 1. The molecule has 0 atom stereocenters. The van der Waals surface area contributed by atoms with Crippen LogP contribution < -0.4 is 14.8 Å². The number of para-hydroxylation sites is 1. The first kappa shape index (κ1) is 13.3. The summed E-state index contributed by atoms with van der Waals surface area (Å²) in [7, 11) is 3.25. The van der Waals surface area contributed by atoms with E-state index in [0.29, 0.717) is 18.0 Å². The minimum absolute atomic E-state index is 0.622. The lowest BCUT2D eigenvalue weighted by atomic mass is 10.2. The first-order chi connectivity index (χ1) is 10.3. The molecule has 0 spiro atoms. The second-order valence-electron chi connectivity index (χ2n) is 4.57. The maximum atomic E-state index is 5.30. The molecule has 1 heterocycles. The van der Waals surface area contributed by atoms with Gasteiger partial charge in [-0.1, -0.05) is 23.4 Å². The molecule has 0 amide bonds. The summed E-state index contributed by atoms with van der Waals surface area (Å²) in [6, 6.07) is 13.6. The van der Waals surface area contributed by atoms with E-state index in [-0.39, 0.29) is 0 Å². The number of aromatic nitrogens is 1. The van der Waals surface area contributed by atoms with Crippen LogP contribution in [0.5, 0.6) is 11.5 Å². The van der Waals surface area contributed by atoms with Gasteiger partial charge >= 0.3 is 0 Å². The highest BCUT2D eigenvalue weighted by atomic mass is 16.5. The second kappa shape index (κ2) is 5.75. The lowest BCUT2D eigenvalue weighted by Gasteiger charge is -2.10. The molecule has 0 aliphatic rings. The SMILES string of the molecule is COc1ccc(CNc2noc3ccccc23)cc1OC. The van der Waals surface area contributed by atoms with Crippen LogP contribution in [0.1, 0.15) is 5.56 Å². The highest BCUT2D eigenvalue weighted by molar-refractivity contribution is 5.87. The van der Waals surface area contributed by atoms with Crippen molar-refractivity contribution >= 4 is 16.8 Å². The molecule has 21 heavy (non-hydrogen) atoms. The summed E-state index contributed by atoms with van der Waals surface area (Å²) in [6.45, 7) is 0.622. The topological polar surface area (TPSA) is 56.5 Å². The molecule has 0 aliphatic carbocycles. The van der Waals surface area contributed by atoms with Gasteiger partial charge in [0.05, 0.1) is 19.6 Å². The molecule has 5 nitrogen and oxygen atoms in total. The Bertz CT molecular complexity index is 752. The zero-order valence-corrected chi connectivity index (χ0v) is 11.9. The summed E-state index contributed by atoms with van der Waals surface area (Å²) in [6.07, 6.45) is 0. The second-order valence-corrected chi connectivity index (χ2v) is 4.57. The van der Waals surface area contributed by atoms with Gasteiger partial charge in [-0.25, -0.2) is 0 Å². The van der Waals surface area contributed by atoms with E-state index in [4.69, 9.17) is 14.0 Å². The zero-order chi connectivity index (χ0) is 14.7. The third-order valence-electron chi connectivity index (χ3n) is 3.29. The highest BCUT2D eigenvalue weighted by Gasteiger charge is 2.08. The quantitative estimate of drug-likeness (QED) is 0.777. The van der Waals surface area contributed by atoms with E-state index in [1.165, 1.54) is 0 Å². The molecule has 1 aromatic heterocycles. The van der Waals surface area contributed by atoms with E-state index >= 15 is 0 Å². The summed E-state index contributed by atoms with van der Waals surface area (Å²) >= 11 is 0. The molecule has 0 bridgehead atoms. The molecule has 0 unspecified atom stereocenters. The number of anilines is 1. The van der Waals surface area contributed by atoms with Gasteiger partial charge in [0.1, 0.15) is 0 Å². The molecule has 3 aromatic rings. The maximum absolute atomic E-state index is 5.30. The number of nitrogens with one attached hydrogen (secondary N) is 1. The number of nitrogens with zero attached hydrogens (tertiary/aromatic N) is 1.